The molecular formula is C22H23ClN2O4S. The van der Waals surface area contributed by atoms with Crippen LogP contribution in [0.15, 0.2) is 70.0 Å². The van der Waals surface area contributed by atoms with Gasteiger partial charge in [0.25, 0.3) is 5.91 Å². The second kappa shape index (κ2) is 9.04. The van der Waals surface area contributed by atoms with Crippen LogP contribution in [0, 0.1) is 6.92 Å². The predicted molar refractivity (Wildman–Crippen MR) is 116 cm³/mol. The summed E-state index contributed by atoms with van der Waals surface area (Å²) in [6, 6.07) is 16.7. The van der Waals surface area contributed by atoms with Gasteiger partial charge in [-0.05, 0) is 55.8 Å². The maximum absolute atomic E-state index is 12.7. The number of furan rings is 1. The summed E-state index contributed by atoms with van der Waals surface area (Å²) < 4.78 is 32.2. The van der Waals surface area contributed by atoms with Crippen LogP contribution in [0.25, 0.3) is 0 Å². The van der Waals surface area contributed by atoms with Crippen molar-refractivity contribution in [3.63, 3.8) is 0 Å². The number of benzene rings is 2. The van der Waals surface area contributed by atoms with Crippen LogP contribution in [0.1, 0.15) is 40.4 Å². The second-order valence-electron chi connectivity index (χ2n) is 7.09. The van der Waals surface area contributed by atoms with Gasteiger partial charge in [0.2, 0.25) is 10.0 Å². The summed E-state index contributed by atoms with van der Waals surface area (Å²) in [6.07, 6.45) is 0. The molecule has 3 rings (SSSR count). The van der Waals surface area contributed by atoms with Gasteiger partial charge in [0.1, 0.15) is 5.76 Å². The number of hydrogen-bond acceptors (Lipinski definition) is 4. The Morgan fingerprint density at radius 2 is 1.70 bits per heavy atom. The molecule has 1 atom stereocenters. The molecule has 30 heavy (non-hydrogen) atoms. The molecule has 158 valence electrons. The number of carbonyl (C=O) groups is 1. The minimum Gasteiger partial charge on any atom is -0.455 e. The molecule has 1 unspecified atom stereocenters. The number of hydrogen-bond donors (Lipinski definition) is 1. The fraction of sp³-hybridized carbons (Fsp3) is 0.227. The van der Waals surface area contributed by atoms with Crippen LogP contribution in [-0.4, -0.2) is 25.7 Å². The van der Waals surface area contributed by atoms with Gasteiger partial charge >= 0.3 is 0 Å². The first kappa shape index (κ1) is 22.1. The van der Waals surface area contributed by atoms with Crippen molar-refractivity contribution in [3.8, 4) is 0 Å². The Hall–Kier alpha value is -2.61. The van der Waals surface area contributed by atoms with Crippen LogP contribution in [0.4, 0.5) is 0 Å². The van der Waals surface area contributed by atoms with Gasteiger partial charge in [-0.25, -0.2) is 8.42 Å². The quantitative estimate of drug-likeness (QED) is 0.577. The summed E-state index contributed by atoms with van der Waals surface area (Å²) in [5, 5.41) is 3.48. The molecule has 0 spiro atoms. The Labute approximate surface area is 181 Å². The molecule has 6 nitrogen and oxygen atoms in total. The van der Waals surface area contributed by atoms with Crippen molar-refractivity contribution < 1.29 is 17.6 Å². The van der Waals surface area contributed by atoms with Crippen LogP contribution in [-0.2, 0) is 16.6 Å². The summed E-state index contributed by atoms with van der Waals surface area (Å²) in [7, 11) is -2.19. The molecule has 1 N–H and O–H groups in total. The van der Waals surface area contributed by atoms with Gasteiger partial charge < -0.3 is 9.73 Å². The van der Waals surface area contributed by atoms with Crippen LogP contribution in [0.5, 0.6) is 0 Å². The van der Waals surface area contributed by atoms with E-state index in [4.69, 9.17) is 16.0 Å². The van der Waals surface area contributed by atoms with Gasteiger partial charge in [-0.1, -0.05) is 41.4 Å². The Morgan fingerprint density at radius 3 is 2.33 bits per heavy atom. The van der Waals surface area contributed by atoms with Crippen molar-refractivity contribution in [2.24, 2.45) is 0 Å². The molecule has 1 aromatic heterocycles. The number of rotatable bonds is 7. The molecule has 2 aromatic carbocycles. The Morgan fingerprint density at radius 1 is 1.07 bits per heavy atom. The van der Waals surface area contributed by atoms with Crippen LogP contribution < -0.4 is 5.32 Å². The first-order chi connectivity index (χ1) is 14.2. The number of nitrogens with zero attached hydrogens (tertiary/aromatic N) is 1. The van der Waals surface area contributed by atoms with Gasteiger partial charge in [0, 0.05) is 12.1 Å². The summed E-state index contributed by atoms with van der Waals surface area (Å²) in [4.78, 5) is 12.7. The number of aryl methyl sites for hydroxylation is 1. The highest BCUT2D eigenvalue weighted by molar-refractivity contribution is 7.89. The Bertz CT molecular complexity index is 1120. The van der Waals surface area contributed by atoms with Crippen molar-refractivity contribution in [2.45, 2.75) is 31.3 Å². The lowest BCUT2D eigenvalue weighted by Crippen LogP contribution is -2.27. The third-order valence-electron chi connectivity index (χ3n) is 4.71. The zero-order valence-electron chi connectivity index (χ0n) is 16.9. The summed E-state index contributed by atoms with van der Waals surface area (Å²) in [5.74, 6) is 0.108. The van der Waals surface area contributed by atoms with Crippen molar-refractivity contribution in [3.05, 3.63) is 88.3 Å². The van der Waals surface area contributed by atoms with Crippen molar-refractivity contribution in [1.29, 1.82) is 0 Å². The largest absolute Gasteiger partial charge is 0.455 e. The van der Waals surface area contributed by atoms with E-state index in [1.807, 2.05) is 26.0 Å². The van der Waals surface area contributed by atoms with E-state index in [2.05, 4.69) is 5.32 Å². The maximum atomic E-state index is 12.7. The normalized spacial score (nSPS) is 12.7. The lowest BCUT2D eigenvalue weighted by atomic mass is 10.1. The molecule has 0 bridgehead atoms. The number of halogens is 1. The van der Waals surface area contributed by atoms with Gasteiger partial charge in [0.05, 0.1) is 17.5 Å². The number of sulfonamides is 1. The molecule has 0 fully saturated rings. The standard InChI is InChI=1S/C22H23ClN2O4S/c1-15-4-11-20(12-5-15)30(27,28)25(3)14-19-10-13-21(29-19)22(26)24-16(2)17-6-8-18(23)9-7-17/h4-13,16H,14H2,1-3H3,(H,24,26). The molecule has 8 heteroatoms. The molecule has 3 aromatic rings. The average molecular weight is 447 g/mol. The minimum atomic E-state index is -3.66. The topological polar surface area (TPSA) is 79.6 Å². The number of nitrogens with one attached hydrogen (secondary N) is 1. The van der Waals surface area contributed by atoms with Gasteiger partial charge in [-0.3, -0.25) is 4.79 Å². The molecule has 1 heterocycles. The molecule has 0 aliphatic carbocycles. The highest BCUT2D eigenvalue weighted by Gasteiger charge is 2.23. The van der Waals surface area contributed by atoms with E-state index in [1.54, 1.807) is 42.5 Å². The number of carbonyl (C=O) groups excluding carboxylic acids is 1. The lowest BCUT2D eigenvalue weighted by molar-refractivity contribution is 0.0909. The molecule has 0 saturated heterocycles. The summed E-state index contributed by atoms with van der Waals surface area (Å²) in [5.41, 5.74) is 1.88. The van der Waals surface area contributed by atoms with E-state index < -0.39 is 10.0 Å². The highest BCUT2D eigenvalue weighted by Crippen LogP contribution is 2.20. The summed E-state index contributed by atoms with van der Waals surface area (Å²) in [6.45, 7) is 3.76. The molecular weight excluding hydrogens is 424 g/mol. The van der Waals surface area contributed by atoms with Crippen molar-refractivity contribution >= 4 is 27.5 Å². The van der Waals surface area contributed by atoms with E-state index in [0.29, 0.717) is 10.8 Å². The van der Waals surface area contributed by atoms with E-state index in [9.17, 15) is 13.2 Å². The Kier molecular flexibility index (Phi) is 6.65. The second-order valence-corrected chi connectivity index (χ2v) is 9.57. The van der Waals surface area contributed by atoms with Gasteiger partial charge in [-0.15, -0.1) is 0 Å². The molecule has 0 aliphatic heterocycles. The molecule has 0 aliphatic rings. The summed E-state index contributed by atoms with van der Waals surface area (Å²) >= 11 is 5.89. The lowest BCUT2D eigenvalue weighted by Gasteiger charge is -2.16. The van der Waals surface area contributed by atoms with E-state index in [1.165, 1.54) is 17.4 Å². The fourth-order valence-corrected chi connectivity index (χ4v) is 4.15. The third kappa shape index (κ3) is 5.11. The minimum absolute atomic E-state index is 0.0101. The van der Waals surface area contributed by atoms with Crippen molar-refractivity contribution in [2.75, 3.05) is 7.05 Å². The monoisotopic (exact) mass is 446 g/mol. The van der Waals surface area contributed by atoms with Crippen molar-refractivity contribution in [1.82, 2.24) is 9.62 Å². The molecule has 1 amide bonds. The van der Waals surface area contributed by atoms with Crippen LogP contribution in [0.2, 0.25) is 5.02 Å². The van der Waals surface area contributed by atoms with Gasteiger partial charge in [0.15, 0.2) is 5.76 Å². The van der Waals surface area contributed by atoms with E-state index >= 15 is 0 Å². The maximum Gasteiger partial charge on any atom is 0.287 e. The first-order valence-electron chi connectivity index (χ1n) is 9.35. The molecule has 0 radical (unpaired) electrons. The molecule has 0 saturated carbocycles. The van der Waals surface area contributed by atoms with Gasteiger partial charge in [-0.2, -0.15) is 4.31 Å². The third-order valence-corrected chi connectivity index (χ3v) is 6.78. The number of amides is 1. The fourth-order valence-electron chi connectivity index (χ4n) is 2.88. The first-order valence-corrected chi connectivity index (χ1v) is 11.2. The zero-order chi connectivity index (χ0) is 21.9. The highest BCUT2D eigenvalue weighted by atomic mass is 35.5. The van der Waals surface area contributed by atoms with Crippen LogP contribution in [0.3, 0.4) is 0 Å². The average Bonchev–Trinajstić information content (AvgIpc) is 3.17. The predicted octanol–water partition coefficient (Wildman–Crippen LogP) is 4.55. The smallest absolute Gasteiger partial charge is 0.287 e. The Balaban J connectivity index is 1.66. The van der Waals surface area contributed by atoms with E-state index in [-0.39, 0.29) is 29.1 Å². The zero-order valence-corrected chi connectivity index (χ0v) is 18.5. The van der Waals surface area contributed by atoms with Crippen LogP contribution >= 0.6 is 11.6 Å². The SMILES string of the molecule is Cc1ccc(S(=O)(=O)N(C)Cc2ccc(C(=O)NC(C)c3ccc(Cl)cc3)o2)cc1. The van der Waals surface area contributed by atoms with E-state index in [0.717, 1.165) is 11.1 Å².